The molecule has 2 nitrogen and oxygen atoms in total. The molecule has 0 amide bonds. The third kappa shape index (κ3) is 2.19. The lowest BCUT2D eigenvalue weighted by atomic mass is 10.1. The molecule has 0 aliphatic heterocycles. The zero-order valence-corrected chi connectivity index (χ0v) is 8.08. The van der Waals surface area contributed by atoms with Gasteiger partial charge in [-0.3, -0.25) is 0 Å². The van der Waals surface area contributed by atoms with Gasteiger partial charge in [0.1, 0.15) is 0 Å². The summed E-state index contributed by atoms with van der Waals surface area (Å²) in [5.41, 5.74) is 1.99. The fourth-order valence-electron chi connectivity index (χ4n) is 1.20. The molecule has 0 aliphatic rings. The molecule has 0 bridgehead atoms. The highest BCUT2D eigenvalue weighted by Crippen LogP contribution is 2.13. The van der Waals surface area contributed by atoms with Crippen LogP contribution in [0.3, 0.4) is 0 Å². The standard InChI is InChI=1S/C11H11FO2/c1-8-7-9(5-6-12)3-4-10(8)11(13)14-2/h3-7H,1-2H3. The van der Waals surface area contributed by atoms with E-state index in [2.05, 4.69) is 4.74 Å². The van der Waals surface area contributed by atoms with Gasteiger partial charge in [0, 0.05) is 0 Å². The van der Waals surface area contributed by atoms with Crippen molar-refractivity contribution in [1.82, 2.24) is 0 Å². The van der Waals surface area contributed by atoms with Crippen molar-refractivity contribution in [3.63, 3.8) is 0 Å². The number of hydrogen-bond acceptors (Lipinski definition) is 2. The molecular formula is C11H11FO2. The van der Waals surface area contributed by atoms with Crippen molar-refractivity contribution in [3.8, 4) is 0 Å². The van der Waals surface area contributed by atoms with Crippen molar-refractivity contribution < 1.29 is 13.9 Å². The summed E-state index contributed by atoms with van der Waals surface area (Å²) in [5, 5.41) is 0. The minimum atomic E-state index is -0.377. The summed E-state index contributed by atoms with van der Waals surface area (Å²) in [6, 6.07) is 5.01. The predicted octanol–water partition coefficient (Wildman–Crippen LogP) is 2.72. The van der Waals surface area contributed by atoms with E-state index in [1.165, 1.54) is 13.2 Å². The smallest absolute Gasteiger partial charge is 0.338 e. The SMILES string of the molecule is COC(=O)c1ccc(C=CF)cc1C. The Labute approximate surface area is 82.0 Å². The van der Waals surface area contributed by atoms with E-state index >= 15 is 0 Å². The van der Waals surface area contributed by atoms with Crippen LogP contribution in [0.4, 0.5) is 4.39 Å². The van der Waals surface area contributed by atoms with E-state index in [1.807, 2.05) is 0 Å². The minimum absolute atomic E-state index is 0.377. The van der Waals surface area contributed by atoms with E-state index in [0.717, 1.165) is 11.1 Å². The van der Waals surface area contributed by atoms with Gasteiger partial charge in [0.2, 0.25) is 0 Å². The quantitative estimate of drug-likeness (QED) is 0.676. The third-order valence-corrected chi connectivity index (χ3v) is 1.91. The van der Waals surface area contributed by atoms with Crippen molar-refractivity contribution in [3.05, 3.63) is 41.2 Å². The fourth-order valence-corrected chi connectivity index (χ4v) is 1.20. The second-order valence-corrected chi connectivity index (χ2v) is 2.86. The van der Waals surface area contributed by atoms with Crippen LogP contribution in [0, 0.1) is 6.92 Å². The van der Waals surface area contributed by atoms with Crippen LogP contribution in [0.25, 0.3) is 6.08 Å². The van der Waals surface area contributed by atoms with Gasteiger partial charge in [0.25, 0.3) is 0 Å². The summed E-state index contributed by atoms with van der Waals surface area (Å²) in [5.74, 6) is -0.377. The summed E-state index contributed by atoms with van der Waals surface area (Å²) in [7, 11) is 1.33. The molecule has 0 saturated carbocycles. The average molecular weight is 194 g/mol. The molecule has 0 aliphatic carbocycles. The van der Waals surface area contributed by atoms with Gasteiger partial charge in [-0.05, 0) is 30.2 Å². The Kier molecular flexibility index (Phi) is 3.40. The summed E-state index contributed by atoms with van der Waals surface area (Å²) >= 11 is 0. The Hall–Kier alpha value is -1.64. The second kappa shape index (κ2) is 4.56. The number of rotatable bonds is 2. The maximum Gasteiger partial charge on any atom is 0.338 e. The molecule has 0 saturated heterocycles. The lowest BCUT2D eigenvalue weighted by Crippen LogP contribution is -2.03. The van der Waals surface area contributed by atoms with E-state index in [1.54, 1.807) is 25.1 Å². The van der Waals surface area contributed by atoms with Gasteiger partial charge in [-0.1, -0.05) is 12.1 Å². The van der Waals surface area contributed by atoms with Crippen molar-refractivity contribution in [2.45, 2.75) is 6.92 Å². The van der Waals surface area contributed by atoms with Crippen molar-refractivity contribution in [1.29, 1.82) is 0 Å². The lowest BCUT2D eigenvalue weighted by molar-refractivity contribution is 0.0600. The molecule has 74 valence electrons. The largest absolute Gasteiger partial charge is 0.465 e. The van der Waals surface area contributed by atoms with E-state index in [-0.39, 0.29) is 5.97 Å². The first-order valence-electron chi connectivity index (χ1n) is 4.14. The van der Waals surface area contributed by atoms with E-state index < -0.39 is 0 Å². The van der Waals surface area contributed by atoms with Crippen LogP contribution in [-0.4, -0.2) is 13.1 Å². The van der Waals surface area contributed by atoms with Crippen LogP contribution < -0.4 is 0 Å². The maximum atomic E-state index is 11.9. The van der Waals surface area contributed by atoms with Crippen LogP contribution in [0.5, 0.6) is 0 Å². The molecule has 0 spiro atoms. The number of esters is 1. The van der Waals surface area contributed by atoms with Crippen molar-refractivity contribution in [2.75, 3.05) is 7.11 Å². The molecule has 0 N–H and O–H groups in total. The normalized spacial score (nSPS) is 10.5. The number of halogens is 1. The number of benzene rings is 1. The van der Waals surface area contributed by atoms with Gasteiger partial charge in [-0.15, -0.1) is 0 Å². The van der Waals surface area contributed by atoms with Crippen LogP contribution in [-0.2, 0) is 4.74 Å². The zero-order valence-electron chi connectivity index (χ0n) is 8.08. The monoisotopic (exact) mass is 194 g/mol. The number of carbonyl (C=O) groups excluding carboxylic acids is 1. The van der Waals surface area contributed by atoms with E-state index in [4.69, 9.17) is 0 Å². The first-order chi connectivity index (χ1) is 6.69. The Balaban J connectivity index is 3.07. The molecule has 3 heteroatoms. The highest BCUT2D eigenvalue weighted by molar-refractivity contribution is 5.91. The summed E-state index contributed by atoms with van der Waals surface area (Å²) in [4.78, 5) is 11.2. The lowest BCUT2D eigenvalue weighted by Gasteiger charge is -2.03. The first kappa shape index (κ1) is 10.4. The molecule has 1 rings (SSSR count). The van der Waals surface area contributed by atoms with Gasteiger partial charge >= 0.3 is 5.97 Å². The third-order valence-electron chi connectivity index (χ3n) is 1.91. The van der Waals surface area contributed by atoms with Crippen LogP contribution in [0.2, 0.25) is 0 Å². The molecule has 0 atom stereocenters. The Bertz CT molecular complexity index is 370. The van der Waals surface area contributed by atoms with Crippen LogP contribution >= 0.6 is 0 Å². The Morgan fingerprint density at radius 2 is 2.21 bits per heavy atom. The van der Waals surface area contributed by atoms with Crippen molar-refractivity contribution in [2.24, 2.45) is 0 Å². The van der Waals surface area contributed by atoms with Crippen LogP contribution in [0.15, 0.2) is 24.5 Å². The highest BCUT2D eigenvalue weighted by atomic mass is 19.1. The maximum absolute atomic E-state index is 11.9. The molecule has 0 fully saturated rings. The molecule has 0 heterocycles. The number of methoxy groups -OCH3 is 1. The van der Waals surface area contributed by atoms with Crippen LogP contribution in [0.1, 0.15) is 21.5 Å². The molecule has 0 aromatic heterocycles. The topological polar surface area (TPSA) is 26.3 Å². The molecule has 0 unspecified atom stereocenters. The summed E-state index contributed by atoms with van der Waals surface area (Å²) in [6.45, 7) is 1.78. The summed E-state index contributed by atoms with van der Waals surface area (Å²) in [6.07, 6.45) is 1.79. The number of aryl methyl sites for hydroxylation is 1. The number of hydrogen-bond donors (Lipinski definition) is 0. The second-order valence-electron chi connectivity index (χ2n) is 2.86. The van der Waals surface area contributed by atoms with Gasteiger partial charge in [-0.2, -0.15) is 0 Å². The van der Waals surface area contributed by atoms with Crippen molar-refractivity contribution >= 4 is 12.0 Å². The van der Waals surface area contributed by atoms with Gasteiger partial charge < -0.3 is 4.74 Å². The average Bonchev–Trinajstić information content (AvgIpc) is 2.17. The Morgan fingerprint density at radius 1 is 1.50 bits per heavy atom. The fraction of sp³-hybridized carbons (Fsp3) is 0.182. The van der Waals surface area contributed by atoms with Gasteiger partial charge in [0.15, 0.2) is 0 Å². The molecule has 1 aromatic carbocycles. The first-order valence-corrected chi connectivity index (χ1v) is 4.14. The highest BCUT2D eigenvalue weighted by Gasteiger charge is 2.07. The van der Waals surface area contributed by atoms with Gasteiger partial charge in [0.05, 0.1) is 19.0 Å². The number of ether oxygens (including phenoxy) is 1. The number of carbonyl (C=O) groups is 1. The summed E-state index contributed by atoms with van der Waals surface area (Å²) < 4.78 is 16.4. The molecule has 1 aromatic rings. The minimum Gasteiger partial charge on any atom is -0.465 e. The van der Waals surface area contributed by atoms with Gasteiger partial charge in [-0.25, -0.2) is 9.18 Å². The van der Waals surface area contributed by atoms with E-state index in [0.29, 0.717) is 11.9 Å². The van der Waals surface area contributed by atoms with E-state index in [9.17, 15) is 9.18 Å². The zero-order chi connectivity index (χ0) is 10.6. The molecule has 0 radical (unpaired) electrons. The predicted molar refractivity (Wildman–Crippen MR) is 52.7 cm³/mol. The Morgan fingerprint density at radius 3 is 2.71 bits per heavy atom. The molecule has 14 heavy (non-hydrogen) atoms. The molecular weight excluding hydrogens is 183 g/mol.